The maximum atomic E-state index is 13.6. The summed E-state index contributed by atoms with van der Waals surface area (Å²) in [4.78, 5) is 18.2. The Balaban J connectivity index is 1.65. The zero-order valence-electron chi connectivity index (χ0n) is 23.2. The molecule has 0 bridgehead atoms. The summed E-state index contributed by atoms with van der Waals surface area (Å²) in [5, 5.41) is 8.71. The zero-order valence-corrected chi connectivity index (χ0v) is 24.1. The quantitative estimate of drug-likeness (QED) is 0.134. The molecule has 1 aromatic heterocycles. The summed E-state index contributed by atoms with van der Waals surface area (Å²) in [7, 11) is 1.63. The number of hydrogen-bond donors (Lipinski definition) is 1. The minimum absolute atomic E-state index is 0.180. The number of thioether (sulfide) groups is 1. The van der Waals surface area contributed by atoms with E-state index in [1.165, 1.54) is 12.8 Å². The third kappa shape index (κ3) is 7.15. The number of hydrogen-bond acceptors (Lipinski definition) is 8. The van der Waals surface area contributed by atoms with Gasteiger partial charge in [0.05, 0.1) is 19.3 Å². The van der Waals surface area contributed by atoms with Gasteiger partial charge in [0, 0.05) is 11.4 Å². The second-order valence-electron chi connectivity index (χ2n) is 9.46. The van der Waals surface area contributed by atoms with Crippen molar-refractivity contribution >= 4 is 23.7 Å². The molecule has 3 aromatic rings. The minimum Gasteiger partial charge on any atom is -0.493 e. The van der Waals surface area contributed by atoms with Gasteiger partial charge in [-0.25, -0.2) is 9.48 Å². The molecule has 0 radical (unpaired) electrons. The number of allylic oxidation sites excluding steroid dienone is 1. The Morgan fingerprint density at radius 2 is 1.87 bits per heavy atom. The fourth-order valence-corrected chi connectivity index (χ4v) is 5.13. The highest BCUT2D eigenvalue weighted by Crippen LogP contribution is 2.40. The number of nitrogens with one attached hydrogen (secondary N) is 1. The molecule has 1 N–H and O–H groups in total. The maximum absolute atomic E-state index is 13.6. The zero-order chi connectivity index (χ0) is 27.6. The van der Waals surface area contributed by atoms with Crippen LogP contribution in [-0.4, -0.2) is 40.2 Å². The molecule has 0 spiro atoms. The molecule has 4 rings (SSSR count). The lowest BCUT2D eigenvalue weighted by Gasteiger charge is -2.28. The van der Waals surface area contributed by atoms with Gasteiger partial charge in [0.1, 0.15) is 12.6 Å². The van der Waals surface area contributed by atoms with E-state index in [0.29, 0.717) is 40.5 Å². The number of benzene rings is 2. The third-order valence-corrected chi connectivity index (χ3v) is 7.50. The summed E-state index contributed by atoms with van der Waals surface area (Å²) in [6, 6.07) is 14.9. The summed E-state index contributed by atoms with van der Waals surface area (Å²) in [6.07, 6.45) is 5.52. The van der Waals surface area contributed by atoms with Crippen molar-refractivity contribution in [3.63, 3.8) is 0 Å². The Labute approximate surface area is 235 Å². The molecule has 0 saturated heterocycles. The first kappa shape index (κ1) is 28.5. The van der Waals surface area contributed by atoms with Crippen molar-refractivity contribution in [3.05, 3.63) is 70.9 Å². The van der Waals surface area contributed by atoms with Crippen molar-refractivity contribution < 1.29 is 19.0 Å². The highest BCUT2D eigenvalue weighted by molar-refractivity contribution is 7.99. The van der Waals surface area contributed by atoms with Crippen LogP contribution in [-0.2, 0) is 16.1 Å². The molecule has 39 heavy (non-hydrogen) atoms. The lowest BCUT2D eigenvalue weighted by atomic mass is 9.95. The van der Waals surface area contributed by atoms with E-state index in [2.05, 4.69) is 24.1 Å². The van der Waals surface area contributed by atoms with E-state index < -0.39 is 12.0 Å². The van der Waals surface area contributed by atoms with Crippen molar-refractivity contribution in [1.29, 1.82) is 0 Å². The van der Waals surface area contributed by atoms with Gasteiger partial charge in [-0.15, -0.1) is 5.10 Å². The molecule has 208 valence electrons. The number of unbranched alkanes of at least 4 members (excludes halogenated alkanes) is 3. The molecular formula is C30H38N4O4S. The standard InChI is InChI=1S/C30H38N4O4S/c1-5-7-8-12-17-37-24-16-15-23(19-25(24)36-4)27-26(28(35)38-20-22-13-10-9-11-14-22)21(3)31-29-32-30(33-34(27)29)39-18-6-2/h9-11,13-16,19,27H,5-8,12,17-18,20H2,1-4H3,(H,31,32,33). The van der Waals surface area contributed by atoms with Crippen molar-refractivity contribution in [2.75, 3.05) is 24.8 Å². The molecule has 8 nitrogen and oxygen atoms in total. The van der Waals surface area contributed by atoms with Crippen LogP contribution in [0, 0.1) is 0 Å². The maximum Gasteiger partial charge on any atom is 0.338 e. The molecule has 2 aromatic carbocycles. The Morgan fingerprint density at radius 1 is 1.05 bits per heavy atom. The number of nitrogens with zero attached hydrogens (tertiary/aromatic N) is 3. The van der Waals surface area contributed by atoms with E-state index in [1.807, 2.05) is 55.5 Å². The summed E-state index contributed by atoms with van der Waals surface area (Å²) in [5.41, 5.74) is 2.91. The smallest absolute Gasteiger partial charge is 0.338 e. The number of esters is 1. The number of carbonyl (C=O) groups is 1. The first-order valence-electron chi connectivity index (χ1n) is 13.6. The average Bonchev–Trinajstić information content (AvgIpc) is 3.36. The number of anilines is 1. The Hall–Kier alpha value is -3.46. The number of carbonyl (C=O) groups excluding carboxylic acids is 1. The Kier molecular flexibility index (Phi) is 10.3. The number of aromatic nitrogens is 3. The van der Waals surface area contributed by atoms with Crippen LogP contribution in [0.3, 0.4) is 0 Å². The second-order valence-corrected chi connectivity index (χ2v) is 10.5. The second kappa shape index (κ2) is 14.1. The molecule has 0 amide bonds. The fraction of sp³-hybridized carbons (Fsp3) is 0.433. The number of fused-ring (bicyclic) bond motifs is 1. The van der Waals surface area contributed by atoms with Gasteiger partial charge in [-0.3, -0.25) is 0 Å². The number of rotatable bonds is 14. The summed E-state index contributed by atoms with van der Waals surface area (Å²) >= 11 is 1.59. The molecular weight excluding hydrogens is 512 g/mol. The van der Waals surface area contributed by atoms with E-state index in [-0.39, 0.29) is 6.61 Å². The molecule has 0 saturated carbocycles. The molecule has 1 aliphatic heterocycles. The minimum atomic E-state index is -0.541. The van der Waals surface area contributed by atoms with E-state index in [4.69, 9.17) is 19.3 Å². The van der Waals surface area contributed by atoms with Gasteiger partial charge in [-0.2, -0.15) is 4.98 Å². The van der Waals surface area contributed by atoms with Crippen molar-refractivity contribution in [2.45, 2.75) is 70.7 Å². The van der Waals surface area contributed by atoms with Gasteiger partial charge in [-0.05, 0) is 43.0 Å². The monoisotopic (exact) mass is 550 g/mol. The van der Waals surface area contributed by atoms with E-state index in [1.54, 1.807) is 23.6 Å². The van der Waals surface area contributed by atoms with Crippen LogP contribution < -0.4 is 14.8 Å². The SMILES string of the molecule is CCCCCCOc1ccc(C2C(C(=O)OCc3ccccc3)=C(C)Nc3nc(SCCC)nn32)cc1OC. The lowest BCUT2D eigenvalue weighted by Crippen LogP contribution is -2.29. The van der Waals surface area contributed by atoms with Crippen LogP contribution in [0.25, 0.3) is 0 Å². The number of ether oxygens (including phenoxy) is 3. The predicted molar refractivity (Wildman–Crippen MR) is 154 cm³/mol. The molecule has 1 unspecified atom stereocenters. The van der Waals surface area contributed by atoms with Gasteiger partial charge in [0.15, 0.2) is 11.5 Å². The molecule has 0 aliphatic carbocycles. The van der Waals surface area contributed by atoms with Gasteiger partial charge in [0.25, 0.3) is 0 Å². The van der Waals surface area contributed by atoms with Gasteiger partial charge in [0.2, 0.25) is 11.1 Å². The largest absolute Gasteiger partial charge is 0.493 e. The van der Waals surface area contributed by atoms with E-state index in [9.17, 15) is 4.79 Å². The first-order chi connectivity index (χ1) is 19.0. The highest BCUT2D eigenvalue weighted by atomic mass is 32.2. The highest BCUT2D eigenvalue weighted by Gasteiger charge is 2.36. The van der Waals surface area contributed by atoms with Crippen LogP contribution in [0.5, 0.6) is 11.5 Å². The third-order valence-electron chi connectivity index (χ3n) is 6.46. The fourth-order valence-electron chi connectivity index (χ4n) is 4.44. The van der Waals surface area contributed by atoms with Gasteiger partial charge >= 0.3 is 5.97 Å². The Bertz CT molecular complexity index is 1280. The van der Waals surface area contributed by atoms with Crippen molar-refractivity contribution in [2.24, 2.45) is 0 Å². The summed E-state index contributed by atoms with van der Waals surface area (Å²) < 4.78 is 19.3. The summed E-state index contributed by atoms with van der Waals surface area (Å²) in [5.74, 6) is 2.38. The molecule has 2 heterocycles. The molecule has 1 aliphatic rings. The molecule has 0 fully saturated rings. The van der Waals surface area contributed by atoms with E-state index in [0.717, 1.165) is 36.1 Å². The molecule has 1 atom stereocenters. The van der Waals surface area contributed by atoms with Crippen LogP contribution in [0.15, 0.2) is 65.0 Å². The van der Waals surface area contributed by atoms with Crippen molar-refractivity contribution in [1.82, 2.24) is 14.8 Å². The Morgan fingerprint density at radius 3 is 2.62 bits per heavy atom. The number of methoxy groups -OCH3 is 1. The first-order valence-corrected chi connectivity index (χ1v) is 14.6. The molecule has 9 heteroatoms. The predicted octanol–water partition coefficient (Wildman–Crippen LogP) is 6.78. The normalized spacial score (nSPS) is 14.5. The topological polar surface area (TPSA) is 87.5 Å². The average molecular weight is 551 g/mol. The lowest BCUT2D eigenvalue weighted by molar-refractivity contribution is -0.140. The van der Waals surface area contributed by atoms with E-state index >= 15 is 0 Å². The van der Waals surface area contributed by atoms with Crippen LogP contribution >= 0.6 is 11.8 Å². The van der Waals surface area contributed by atoms with Gasteiger partial charge < -0.3 is 19.5 Å². The van der Waals surface area contributed by atoms with Crippen LogP contribution in [0.2, 0.25) is 0 Å². The van der Waals surface area contributed by atoms with Crippen molar-refractivity contribution in [3.8, 4) is 11.5 Å². The van der Waals surface area contributed by atoms with Gasteiger partial charge in [-0.1, -0.05) is 81.3 Å². The van der Waals surface area contributed by atoms with Crippen LogP contribution in [0.1, 0.15) is 70.0 Å². The van der Waals surface area contributed by atoms with Crippen LogP contribution in [0.4, 0.5) is 5.95 Å². The summed E-state index contributed by atoms with van der Waals surface area (Å²) in [6.45, 7) is 6.99.